The average molecular weight is 402 g/mol. The van der Waals surface area contributed by atoms with Gasteiger partial charge in [-0.2, -0.15) is 0 Å². The second-order valence-electron chi connectivity index (χ2n) is 8.15. The minimum Gasteiger partial charge on any atom is -0.481 e. The second kappa shape index (κ2) is 5.79. The summed E-state index contributed by atoms with van der Waals surface area (Å²) < 4.78 is 6.18. The number of carboxylic acid groups (broad SMARTS) is 1. The Balaban J connectivity index is 1.55. The third-order valence-electron chi connectivity index (χ3n) is 6.67. The van der Waals surface area contributed by atoms with Crippen molar-refractivity contribution in [1.29, 1.82) is 0 Å². The van der Waals surface area contributed by atoms with Crippen LogP contribution in [0.1, 0.15) is 15.9 Å². The van der Waals surface area contributed by atoms with Crippen molar-refractivity contribution in [3.63, 3.8) is 0 Å². The fourth-order valence-corrected chi connectivity index (χ4v) is 5.51. The lowest BCUT2D eigenvalue weighted by Gasteiger charge is -2.45. The van der Waals surface area contributed by atoms with Crippen molar-refractivity contribution in [2.24, 2.45) is 11.8 Å². The van der Waals surface area contributed by atoms with Crippen LogP contribution in [0.15, 0.2) is 66.7 Å². The van der Waals surface area contributed by atoms with Gasteiger partial charge in [-0.3, -0.25) is 19.3 Å². The van der Waals surface area contributed by atoms with E-state index in [0.29, 0.717) is 11.3 Å². The van der Waals surface area contributed by atoms with Crippen molar-refractivity contribution in [3.05, 3.63) is 77.9 Å². The van der Waals surface area contributed by atoms with Gasteiger partial charge in [0.15, 0.2) is 0 Å². The van der Waals surface area contributed by atoms with E-state index in [1.165, 1.54) is 0 Å². The molecule has 0 saturated carbocycles. The number of fused-ring (bicyclic) bond motifs is 4. The highest BCUT2D eigenvalue weighted by atomic mass is 16.5. The van der Waals surface area contributed by atoms with Crippen LogP contribution in [-0.4, -0.2) is 45.7 Å². The second-order valence-corrected chi connectivity index (χ2v) is 8.15. The van der Waals surface area contributed by atoms with Gasteiger partial charge in [-0.1, -0.05) is 48.5 Å². The van der Waals surface area contributed by atoms with Gasteiger partial charge in [-0.25, -0.2) is 0 Å². The molecular weight excluding hydrogens is 384 g/mol. The van der Waals surface area contributed by atoms with E-state index in [4.69, 9.17) is 4.74 Å². The molecule has 1 N–H and O–H groups in total. The predicted molar refractivity (Wildman–Crippen MR) is 105 cm³/mol. The quantitative estimate of drug-likeness (QED) is 0.794. The molecule has 4 aliphatic rings. The fraction of sp³-hybridized carbons (Fsp3) is 0.261. The number of ether oxygens (including phenoxy) is 1. The lowest BCUT2D eigenvalue weighted by Crippen LogP contribution is -2.60. The molecule has 6 rings (SSSR count). The summed E-state index contributed by atoms with van der Waals surface area (Å²) >= 11 is 0. The maximum atomic E-state index is 13.6. The number of nitrogens with zero attached hydrogens (tertiary/aromatic N) is 2. The minimum absolute atomic E-state index is 0.197. The summed E-state index contributed by atoms with van der Waals surface area (Å²) in [6, 6.07) is 16.5. The molecular formula is C23H18N2O5. The Morgan fingerprint density at radius 3 is 2.57 bits per heavy atom. The van der Waals surface area contributed by atoms with Crippen LogP contribution in [0.25, 0.3) is 0 Å². The molecule has 0 aromatic heterocycles. The number of hydrogen-bond acceptors (Lipinski definition) is 4. The van der Waals surface area contributed by atoms with Crippen molar-refractivity contribution in [2.45, 2.75) is 24.4 Å². The summed E-state index contributed by atoms with van der Waals surface area (Å²) in [6.07, 6.45) is 2.12. The van der Waals surface area contributed by atoms with Gasteiger partial charge in [0, 0.05) is 6.54 Å². The van der Waals surface area contributed by atoms with Gasteiger partial charge in [0.1, 0.15) is 17.7 Å². The van der Waals surface area contributed by atoms with Crippen LogP contribution < -0.4 is 4.90 Å². The average Bonchev–Trinajstić information content (AvgIpc) is 3.40. The van der Waals surface area contributed by atoms with Crippen LogP contribution in [0.3, 0.4) is 0 Å². The van der Waals surface area contributed by atoms with Crippen LogP contribution in [0.2, 0.25) is 0 Å². The Morgan fingerprint density at radius 2 is 1.80 bits per heavy atom. The molecule has 7 heteroatoms. The van der Waals surface area contributed by atoms with E-state index >= 15 is 0 Å². The van der Waals surface area contributed by atoms with Crippen LogP contribution in [0.4, 0.5) is 5.69 Å². The predicted octanol–water partition coefficient (Wildman–Crippen LogP) is 2.04. The molecule has 4 aliphatic heterocycles. The topological polar surface area (TPSA) is 87.2 Å². The minimum atomic E-state index is -1.16. The third-order valence-corrected chi connectivity index (χ3v) is 6.67. The highest BCUT2D eigenvalue weighted by Gasteiger charge is 2.74. The van der Waals surface area contributed by atoms with E-state index in [1.54, 1.807) is 46.2 Å². The first-order valence-electron chi connectivity index (χ1n) is 9.90. The molecule has 0 aliphatic carbocycles. The molecule has 0 unspecified atom stereocenters. The SMILES string of the molecule is O=C(O)[C@H]1[C@H]2C(=O)N3c4ccccc4C(=O)N(Cc4ccccc4)[C@H]3[C@]23C=C[C@H]1O3. The zero-order valence-corrected chi connectivity index (χ0v) is 15.8. The molecule has 30 heavy (non-hydrogen) atoms. The van der Waals surface area contributed by atoms with E-state index in [0.717, 1.165) is 5.56 Å². The van der Waals surface area contributed by atoms with Crippen LogP contribution in [-0.2, 0) is 20.9 Å². The van der Waals surface area contributed by atoms with Crippen molar-refractivity contribution in [2.75, 3.05) is 4.90 Å². The summed E-state index contributed by atoms with van der Waals surface area (Å²) in [5, 5.41) is 9.81. The van der Waals surface area contributed by atoms with E-state index in [9.17, 15) is 19.5 Å². The summed E-state index contributed by atoms with van der Waals surface area (Å²) in [6.45, 7) is 0.288. The Kier molecular flexibility index (Phi) is 3.36. The smallest absolute Gasteiger partial charge is 0.310 e. The first kappa shape index (κ1) is 17.4. The number of hydrogen-bond donors (Lipinski definition) is 1. The zero-order valence-electron chi connectivity index (χ0n) is 15.8. The van der Waals surface area contributed by atoms with Crippen LogP contribution in [0.5, 0.6) is 0 Å². The summed E-state index contributed by atoms with van der Waals surface area (Å²) in [4.78, 5) is 42.4. The Bertz CT molecular complexity index is 1130. The van der Waals surface area contributed by atoms with E-state index in [-0.39, 0.29) is 18.4 Å². The summed E-state index contributed by atoms with van der Waals surface area (Å²) in [7, 11) is 0. The molecule has 2 fully saturated rings. The molecule has 2 bridgehead atoms. The van der Waals surface area contributed by atoms with E-state index in [2.05, 4.69) is 0 Å². The van der Waals surface area contributed by atoms with Crippen molar-refractivity contribution in [3.8, 4) is 0 Å². The number of benzene rings is 2. The molecule has 7 nitrogen and oxygen atoms in total. The van der Waals surface area contributed by atoms with Crippen molar-refractivity contribution in [1.82, 2.24) is 4.90 Å². The first-order chi connectivity index (χ1) is 14.5. The number of carboxylic acids is 1. The molecule has 2 amide bonds. The van der Waals surface area contributed by atoms with Gasteiger partial charge in [0.2, 0.25) is 5.91 Å². The number of aliphatic carboxylic acids is 1. The number of carbonyl (C=O) groups is 3. The van der Waals surface area contributed by atoms with Crippen LogP contribution in [0, 0.1) is 11.8 Å². The van der Waals surface area contributed by atoms with Gasteiger partial charge in [-0.15, -0.1) is 0 Å². The Morgan fingerprint density at radius 1 is 1.07 bits per heavy atom. The largest absolute Gasteiger partial charge is 0.481 e. The lowest BCUT2D eigenvalue weighted by atomic mass is 9.76. The standard InChI is InChI=1S/C23H18N2O5/c26-19-14-8-4-5-9-15(14)25-20(27)18-17(21(28)29)16-10-11-23(18,30-16)22(25)24(19)12-13-6-2-1-3-7-13/h1-11,16-18,22H,12H2,(H,28,29)/t16-,17-,18+,22-,23+/m1/s1. The molecule has 150 valence electrons. The van der Waals surface area contributed by atoms with E-state index < -0.39 is 35.7 Å². The number of rotatable bonds is 3. The normalized spacial score (nSPS) is 32.9. The monoisotopic (exact) mass is 402 g/mol. The molecule has 2 aromatic carbocycles. The first-order valence-corrected chi connectivity index (χ1v) is 9.90. The van der Waals surface area contributed by atoms with E-state index in [1.807, 2.05) is 30.3 Å². The Labute approximate surface area is 172 Å². The van der Waals surface area contributed by atoms with Crippen molar-refractivity contribution >= 4 is 23.5 Å². The molecule has 0 radical (unpaired) electrons. The van der Waals surface area contributed by atoms with Gasteiger partial charge < -0.3 is 14.7 Å². The summed E-state index contributed by atoms with van der Waals surface area (Å²) in [5.74, 6) is -3.39. The highest BCUT2D eigenvalue weighted by molar-refractivity contribution is 6.12. The lowest BCUT2D eigenvalue weighted by molar-refractivity contribution is -0.146. The highest BCUT2D eigenvalue weighted by Crippen LogP contribution is 2.58. The number of amides is 2. The molecule has 2 saturated heterocycles. The fourth-order valence-electron chi connectivity index (χ4n) is 5.51. The van der Waals surface area contributed by atoms with Gasteiger partial charge in [-0.05, 0) is 23.8 Å². The molecule has 5 atom stereocenters. The number of anilines is 1. The van der Waals surface area contributed by atoms with Gasteiger partial charge in [0.25, 0.3) is 5.91 Å². The van der Waals surface area contributed by atoms with Crippen LogP contribution >= 0.6 is 0 Å². The maximum Gasteiger partial charge on any atom is 0.310 e. The maximum absolute atomic E-state index is 13.6. The molecule has 1 spiro atoms. The Hall–Kier alpha value is -3.45. The van der Waals surface area contributed by atoms with Crippen molar-refractivity contribution < 1.29 is 24.2 Å². The summed E-state index contributed by atoms with van der Waals surface area (Å²) in [5.41, 5.74) is 0.696. The zero-order chi connectivity index (χ0) is 20.6. The number of para-hydroxylation sites is 1. The molecule has 2 aromatic rings. The van der Waals surface area contributed by atoms with Gasteiger partial charge in [0.05, 0.1) is 23.3 Å². The number of carbonyl (C=O) groups excluding carboxylic acids is 2. The third kappa shape index (κ3) is 2.00. The van der Waals surface area contributed by atoms with Gasteiger partial charge >= 0.3 is 5.97 Å². The molecule has 4 heterocycles.